The molecule has 0 spiro atoms. The zero-order valence-corrected chi connectivity index (χ0v) is 20.5. The Bertz CT molecular complexity index is 1330. The van der Waals surface area contributed by atoms with Crippen molar-refractivity contribution in [2.75, 3.05) is 18.0 Å². The van der Waals surface area contributed by atoms with Gasteiger partial charge in [0.25, 0.3) is 10.0 Å². The van der Waals surface area contributed by atoms with Crippen LogP contribution in [0.5, 0.6) is 11.5 Å². The Morgan fingerprint density at radius 2 is 1.80 bits per heavy atom. The molecule has 184 valence electrons. The van der Waals surface area contributed by atoms with Gasteiger partial charge < -0.3 is 14.8 Å². The van der Waals surface area contributed by atoms with Crippen LogP contribution in [0.4, 0.5) is 10.1 Å². The average molecular weight is 499 g/mol. The second-order valence-electron chi connectivity index (χ2n) is 8.87. The molecule has 1 heterocycles. The van der Waals surface area contributed by atoms with E-state index in [2.05, 4.69) is 5.32 Å². The third-order valence-corrected chi connectivity index (χ3v) is 7.53. The number of methoxy groups -OCH3 is 1. The van der Waals surface area contributed by atoms with Crippen LogP contribution in [0.2, 0.25) is 0 Å². The second kappa shape index (κ2) is 9.58. The molecule has 1 unspecified atom stereocenters. The molecule has 0 fully saturated rings. The van der Waals surface area contributed by atoms with E-state index in [-0.39, 0.29) is 10.6 Å². The maximum Gasteiger partial charge on any atom is 0.264 e. The van der Waals surface area contributed by atoms with Gasteiger partial charge in [0.1, 0.15) is 29.5 Å². The third kappa shape index (κ3) is 5.24. The van der Waals surface area contributed by atoms with Crippen molar-refractivity contribution in [1.29, 1.82) is 0 Å². The molecule has 0 saturated heterocycles. The van der Waals surface area contributed by atoms with Gasteiger partial charge in [0, 0.05) is 18.1 Å². The number of nitrogens with one attached hydrogen (secondary N) is 1. The summed E-state index contributed by atoms with van der Waals surface area (Å²) >= 11 is 0. The lowest BCUT2D eigenvalue weighted by Crippen LogP contribution is -2.45. The first-order valence-electron chi connectivity index (χ1n) is 11.1. The van der Waals surface area contributed by atoms with Gasteiger partial charge in [-0.05, 0) is 50.2 Å². The Morgan fingerprint density at radius 3 is 2.49 bits per heavy atom. The molecule has 0 radical (unpaired) electrons. The fraction of sp³-hybridized carbons (Fsp3) is 0.269. The highest BCUT2D eigenvalue weighted by Crippen LogP contribution is 2.41. The average Bonchev–Trinajstić information content (AvgIpc) is 2.82. The maximum absolute atomic E-state index is 14.7. The van der Waals surface area contributed by atoms with Gasteiger partial charge in [0.05, 0.1) is 23.7 Å². The first kappa shape index (κ1) is 24.5. The minimum atomic E-state index is -4.21. The smallest absolute Gasteiger partial charge is 0.264 e. The van der Waals surface area contributed by atoms with Crippen LogP contribution in [0.15, 0.2) is 77.7 Å². The molecule has 0 bridgehead atoms. The summed E-state index contributed by atoms with van der Waals surface area (Å²) in [5.74, 6) is -0.123. The molecule has 1 atom stereocenters. The summed E-state index contributed by atoms with van der Waals surface area (Å²) in [4.78, 5) is 13.2. The minimum Gasteiger partial charge on any atom is -0.497 e. The van der Waals surface area contributed by atoms with E-state index >= 15 is 0 Å². The van der Waals surface area contributed by atoms with E-state index in [9.17, 15) is 17.6 Å². The molecule has 35 heavy (non-hydrogen) atoms. The molecule has 0 aromatic heterocycles. The fourth-order valence-corrected chi connectivity index (χ4v) is 5.58. The van der Waals surface area contributed by atoms with Crippen molar-refractivity contribution in [3.8, 4) is 11.5 Å². The standard InChI is InChI=1S/C26H27FN2O5S/c1-26(2)16-22(20-14-13-18(33-3)15-24(20)34-26)28-25(30)17-29(23-12-8-7-11-21(23)27)35(31,32)19-9-5-4-6-10-19/h4-15,22H,16-17H2,1-3H3,(H,28,30). The molecule has 7 nitrogen and oxygen atoms in total. The minimum absolute atomic E-state index is 0.0410. The lowest BCUT2D eigenvalue weighted by atomic mass is 9.89. The summed E-state index contributed by atoms with van der Waals surface area (Å²) in [5, 5.41) is 2.92. The summed E-state index contributed by atoms with van der Waals surface area (Å²) in [6.45, 7) is 3.21. The number of nitrogens with zero attached hydrogens (tertiary/aromatic N) is 1. The number of sulfonamides is 1. The molecule has 9 heteroatoms. The summed E-state index contributed by atoms with van der Waals surface area (Å²) in [6.07, 6.45) is 0.462. The lowest BCUT2D eigenvalue weighted by molar-refractivity contribution is -0.120. The summed E-state index contributed by atoms with van der Waals surface area (Å²) in [5.41, 5.74) is -0.0377. The zero-order chi connectivity index (χ0) is 25.2. The SMILES string of the molecule is COc1ccc2c(c1)OC(C)(C)CC2NC(=O)CN(c1ccccc1F)S(=O)(=O)c1ccccc1. The number of anilines is 1. The van der Waals surface area contributed by atoms with Crippen LogP contribution in [0.1, 0.15) is 31.9 Å². The number of carbonyl (C=O) groups is 1. The number of amides is 1. The van der Waals surface area contributed by atoms with Crippen molar-refractivity contribution in [2.45, 2.75) is 36.8 Å². The van der Waals surface area contributed by atoms with Crippen molar-refractivity contribution in [1.82, 2.24) is 5.32 Å². The number of hydrogen-bond acceptors (Lipinski definition) is 5. The predicted molar refractivity (Wildman–Crippen MR) is 131 cm³/mol. The Labute approximate surface area is 204 Å². The van der Waals surface area contributed by atoms with Crippen LogP contribution in [0.3, 0.4) is 0 Å². The number of para-hydroxylation sites is 1. The van der Waals surface area contributed by atoms with Crippen LogP contribution >= 0.6 is 0 Å². The van der Waals surface area contributed by atoms with Crippen molar-refractivity contribution >= 4 is 21.6 Å². The highest BCUT2D eigenvalue weighted by molar-refractivity contribution is 7.92. The van der Waals surface area contributed by atoms with Crippen LogP contribution < -0.4 is 19.1 Å². The largest absolute Gasteiger partial charge is 0.497 e. The second-order valence-corrected chi connectivity index (χ2v) is 10.7. The van der Waals surface area contributed by atoms with Gasteiger partial charge in [-0.15, -0.1) is 0 Å². The molecule has 0 saturated carbocycles. The van der Waals surface area contributed by atoms with Gasteiger partial charge in [0.15, 0.2) is 0 Å². The van der Waals surface area contributed by atoms with Gasteiger partial charge in [-0.25, -0.2) is 12.8 Å². The van der Waals surface area contributed by atoms with E-state index in [0.717, 1.165) is 15.9 Å². The normalized spacial score (nSPS) is 16.5. The molecule has 1 amide bonds. The molecular weight excluding hydrogens is 471 g/mol. The van der Waals surface area contributed by atoms with Crippen molar-refractivity contribution < 1.29 is 27.1 Å². The Morgan fingerprint density at radius 1 is 1.11 bits per heavy atom. The topological polar surface area (TPSA) is 84.9 Å². The van der Waals surface area contributed by atoms with Gasteiger partial charge >= 0.3 is 0 Å². The van der Waals surface area contributed by atoms with Gasteiger partial charge in [0.2, 0.25) is 5.91 Å². The van der Waals surface area contributed by atoms with Gasteiger partial charge in [-0.1, -0.05) is 30.3 Å². The number of benzene rings is 3. The van der Waals surface area contributed by atoms with E-state index in [1.807, 2.05) is 19.9 Å². The summed E-state index contributed by atoms with van der Waals surface area (Å²) < 4.78 is 53.7. The predicted octanol–water partition coefficient (Wildman–Crippen LogP) is 4.45. The third-order valence-electron chi connectivity index (χ3n) is 5.75. The molecule has 3 aromatic carbocycles. The fourth-order valence-electron chi connectivity index (χ4n) is 4.13. The highest BCUT2D eigenvalue weighted by Gasteiger charge is 2.36. The van der Waals surface area contributed by atoms with E-state index in [1.165, 1.54) is 30.3 Å². The number of ether oxygens (including phenoxy) is 2. The van der Waals surface area contributed by atoms with E-state index in [1.54, 1.807) is 37.4 Å². The number of carbonyl (C=O) groups excluding carboxylic acids is 1. The van der Waals surface area contributed by atoms with Crippen LogP contribution in [0, 0.1) is 5.82 Å². The first-order chi connectivity index (χ1) is 16.6. The number of halogens is 1. The van der Waals surface area contributed by atoms with E-state index in [4.69, 9.17) is 9.47 Å². The maximum atomic E-state index is 14.7. The molecular formula is C26H27FN2O5S. The van der Waals surface area contributed by atoms with Crippen molar-refractivity contribution in [2.24, 2.45) is 0 Å². The summed E-state index contributed by atoms with van der Waals surface area (Å²) in [7, 11) is -2.66. The van der Waals surface area contributed by atoms with E-state index < -0.39 is 39.9 Å². The van der Waals surface area contributed by atoms with Crippen LogP contribution in [0.25, 0.3) is 0 Å². The molecule has 0 aliphatic carbocycles. The number of rotatable bonds is 7. The van der Waals surface area contributed by atoms with Crippen molar-refractivity contribution in [3.63, 3.8) is 0 Å². The van der Waals surface area contributed by atoms with Gasteiger partial charge in [-0.2, -0.15) is 0 Å². The number of hydrogen-bond donors (Lipinski definition) is 1. The lowest BCUT2D eigenvalue weighted by Gasteiger charge is -2.38. The summed E-state index contributed by atoms with van der Waals surface area (Å²) in [6, 6.07) is 18.0. The quantitative estimate of drug-likeness (QED) is 0.520. The monoisotopic (exact) mass is 498 g/mol. The van der Waals surface area contributed by atoms with Crippen molar-refractivity contribution in [3.05, 3.63) is 84.2 Å². The Balaban J connectivity index is 1.65. The Kier molecular flexibility index (Phi) is 6.71. The molecule has 1 aliphatic heterocycles. The zero-order valence-electron chi connectivity index (χ0n) is 19.7. The molecule has 1 N–H and O–H groups in total. The van der Waals surface area contributed by atoms with E-state index in [0.29, 0.717) is 17.9 Å². The molecule has 3 aromatic rings. The molecule has 4 rings (SSSR count). The highest BCUT2D eigenvalue weighted by atomic mass is 32.2. The van der Waals surface area contributed by atoms with Crippen LogP contribution in [-0.2, 0) is 14.8 Å². The Hall–Kier alpha value is -3.59. The first-order valence-corrected chi connectivity index (χ1v) is 12.5. The number of fused-ring (bicyclic) bond motifs is 1. The van der Waals surface area contributed by atoms with Gasteiger partial charge in [-0.3, -0.25) is 9.10 Å². The molecule has 1 aliphatic rings. The van der Waals surface area contributed by atoms with Crippen LogP contribution in [-0.4, -0.2) is 33.6 Å².